The molecular weight excluding hydrogens is 222 g/mol. The highest BCUT2D eigenvalue weighted by Crippen LogP contribution is 2.08. The molecule has 6 nitrogen and oxygen atoms in total. The maximum absolute atomic E-state index is 11.3. The van der Waals surface area contributed by atoms with Gasteiger partial charge in [-0.15, -0.1) is 0 Å². The summed E-state index contributed by atoms with van der Waals surface area (Å²) in [6, 6.07) is 9.22. The van der Waals surface area contributed by atoms with Gasteiger partial charge in [0.25, 0.3) is 0 Å². The Morgan fingerprint density at radius 1 is 1.41 bits per heavy atom. The van der Waals surface area contributed by atoms with E-state index in [1.807, 2.05) is 30.3 Å². The van der Waals surface area contributed by atoms with Crippen LogP contribution in [-0.2, 0) is 4.79 Å². The van der Waals surface area contributed by atoms with Gasteiger partial charge in [-0.2, -0.15) is 0 Å². The summed E-state index contributed by atoms with van der Waals surface area (Å²) in [5.74, 6) is 0.464. The van der Waals surface area contributed by atoms with E-state index in [9.17, 15) is 4.79 Å². The predicted molar refractivity (Wildman–Crippen MR) is 63.0 cm³/mol. The highest BCUT2D eigenvalue weighted by atomic mass is 16.5. The van der Waals surface area contributed by atoms with Crippen molar-refractivity contribution < 1.29 is 14.7 Å². The predicted octanol–water partition coefficient (Wildman–Crippen LogP) is 0.318. The molecule has 0 spiro atoms. The van der Waals surface area contributed by atoms with Crippen LogP contribution in [0.5, 0.6) is 5.75 Å². The minimum atomic E-state index is -0.215. The van der Waals surface area contributed by atoms with Crippen LogP contribution in [0, 0.1) is 0 Å². The minimum Gasteiger partial charge on any atom is -0.493 e. The molecule has 0 aliphatic carbocycles. The average Bonchev–Trinajstić information content (AvgIpc) is 2.37. The Bertz CT molecular complexity index is 379. The standard InChI is InChI=1S/C11H15N3O3/c12-10(14-16)8-13-11(15)6-7-17-9-4-2-1-3-5-9/h1-5,16H,6-8H2,(H2,12,14)(H,13,15). The van der Waals surface area contributed by atoms with Gasteiger partial charge < -0.3 is 21.0 Å². The number of amidine groups is 1. The molecule has 0 unspecified atom stereocenters. The van der Waals surface area contributed by atoms with Gasteiger partial charge in [0, 0.05) is 0 Å². The van der Waals surface area contributed by atoms with Crippen molar-refractivity contribution in [2.45, 2.75) is 6.42 Å². The number of nitrogens with one attached hydrogen (secondary N) is 1. The molecule has 0 bridgehead atoms. The number of hydrogen-bond acceptors (Lipinski definition) is 4. The third kappa shape index (κ3) is 5.41. The Morgan fingerprint density at radius 3 is 2.76 bits per heavy atom. The zero-order valence-corrected chi connectivity index (χ0v) is 9.30. The molecule has 92 valence electrons. The van der Waals surface area contributed by atoms with Crippen molar-refractivity contribution in [2.75, 3.05) is 13.2 Å². The molecule has 1 aromatic rings. The molecule has 0 aromatic heterocycles. The van der Waals surface area contributed by atoms with Crippen LogP contribution in [0.2, 0.25) is 0 Å². The van der Waals surface area contributed by atoms with Crippen LogP contribution in [-0.4, -0.2) is 30.1 Å². The Kier molecular flexibility index (Phi) is 5.36. The summed E-state index contributed by atoms with van der Waals surface area (Å²) in [5.41, 5.74) is 5.20. The van der Waals surface area contributed by atoms with Gasteiger partial charge >= 0.3 is 0 Å². The molecule has 0 aliphatic rings. The number of hydrogen-bond donors (Lipinski definition) is 3. The quantitative estimate of drug-likeness (QED) is 0.287. The Hall–Kier alpha value is -2.24. The van der Waals surface area contributed by atoms with Gasteiger partial charge in [-0.05, 0) is 12.1 Å². The summed E-state index contributed by atoms with van der Waals surface area (Å²) in [5, 5.41) is 13.5. The van der Waals surface area contributed by atoms with Gasteiger partial charge in [0.15, 0.2) is 5.84 Å². The van der Waals surface area contributed by atoms with Gasteiger partial charge in [0.1, 0.15) is 5.75 Å². The highest BCUT2D eigenvalue weighted by Gasteiger charge is 2.02. The van der Waals surface area contributed by atoms with E-state index < -0.39 is 0 Å². The minimum absolute atomic E-state index is 0.0284. The smallest absolute Gasteiger partial charge is 0.223 e. The lowest BCUT2D eigenvalue weighted by atomic mass is 10.3. The Morgan fingerprint density at radius 2 is 2.12 bits per heavy atom. The molecule has 0 fully saturated rings. The van der Waals surface area contributed by atoms with Crippen LogP contribution in [0.4, 0.5) is 0 Å². The normalized spacial score (nSPS) is 10.9. The summed E-state index contributed by atoms with van der Waals surface area (Å²) in [6.45, 7) is 0.312. The Balaban J connectivity index is 2.16. The first-order valence-electron chi connectivity index (χ1n) is 5.13. The van der Waals surface area contributed by atoms with Gasteiger partial charge in [-0.25, -0.2) is 0 Å². The zero-order valence-electron chi connectivity index (χ0n) is 9.30. The maximum Gasteiger partial charge on any atom is 0.223 e. The van der Waals surface area contributed by atoms with E-state index in [2.05, 4.69) is 10.5 Å². The number of para-hydroxylation sites is 1. The number of oxime groups is 1. The van der Waals surface area contributed by atoms with Crippen LogP contribution in [0.3, 0.4) is 0 Å². The number of nitrogens with zero attached hydrogens (tertiary/aromatic N) is 1. The van der Waals surface area contributed by atoms with Gasteiger partial charge in [-0.3, -0.25) is 4.79 Å². The first kappa shape index (κ1) is 12.8. The zero-order chi connectivity index (χ0) is 12.5. The number of rotatable bonds is 6. The van der Waals surface area contributed by atoms with E-state index in [0.717, 1.165) is 5.75 Å². The molecule has 1 amide bonds. The summed E-state index contributed by atoms with van der Waals surface area (Å²) in [6.07, 6.45) is 0.216. The van der Waals surface area contributed by atoms with Crippen LogP contribution in [0.25, 0.3) is 0 Å². The van der Waals surface area contributed by atoms with Crippen molar-refractivity contribution >= 4 is 11.7 Å². The summed E-state index contributed by atoms with van der Waals surface area (Å²) >= 11 is 0. The Labute approximate surface area is 99.1 Å². The van der Waals surface area contributed by atoms with Crippen molar-refractivity contribution in [3.05, 3.63) is 30.3 Å². The molecule has 1 rings (SSSR count). The van der Waals surface area contributed by atoms with Gasteiger partial charge in [-0.1, -0.05) is 23.4 Å². The van der Waals surface area contributed by atoms with Crippen molar-refractivity contribution in [3.63, 3.8) is 0 Å². The second-order valence-electron chi connectivity index (χ2n) is 3.28. The van der Waals surface area contributed by atoms with Crippen LogP contribution < -0.4 is 15.8 Å². The third-order valence-electron chi connectivity index (χ3n) is 1.94. The first-order valence-corrected chi connectivity index (χ1v) is 5.13. The van der Waals surface area contributed by atoms with Gasteiger partial charge in [0.05, 0.1) is 19.6 Å². The number of benzene rings is 1. The summed E-state index contributed by atoms with van der Waals surface area (Å²) in [7, 11) is 0. The van der Waals surface area contributed by atoms with Crippen LogP contribution in [0.15, 0.2) is 35.5 Å². The van der Waals surface area contributed by atoms with E-state index in [1.165, 1.54) is 0 Å². The van der Waals surface area contributed by atoms with Gasteiger partial charge in [0.2, 0.25) is 5.91 Å². The molecule has 0 atom stereocenters. The van der Waals surface area contributed by atoms with E-state index in [4.69, 9.17) is 15.7 Å². The number of amides is 1. The lowest BCUT2D eigenvalue weighted by molar-refractivity contribution is -0.121. The molecule has 0 saturated heterocycles. The van der Waals surface area contributed by atoms with Crippen molar-refractivity contribution in [2.24, 2.45) is 10.9 Å². The molecule has 4 N–H and O–H groups in total. The van der Waals surface area contributed by atoms with Crippen molar-refractivity contribution in [1.29, 1.82) is 0 Å². The molecule has 1 aromatic carbocycles. The molecule has 0 radical (unpaired) electrons. The molecule has 0 aliphatic heterocycles. The van der Waals surface area contributed by atoms with E-state index in [1.54, 1.807) is 0 Å². The monoisotopic (exact) mass is 237 g/mol. The molecule has 17 heavy (non-hydrogen) atoms. The fraction of sp³-hybridized carbons (Fsp3) is 0.273. The molecule has 0 heterocycles. The highest BCUT2D eigenvalue weighted by molar-refractivity contribution is 5.86. The third-order valence-corrected chi connectivity index (χ3v) is 1.94. The molecule has 6 heteroatoms. The maximum atomic E-state index is 11.3. The fourth-order valence-electron chi connectivity index (χ4n) is 1.09. The topological polar surface area (TPSA) is 96.9 Å². The lowest BCUT2D eigenvalue weighted by Crippen LogP contribution is -2.34. The number of carbonyl (C=O) groups excluding carboxylic acids is 1. The number of carbonyl (C=O) groups is 1. The average molecular weight is 237 g/mol. The van der Waals surface area contributed by atoms with E-state index in [-0.39, 0.29) is 31.3 Å². The van der Waals surface area contributed by atoms with Crippen molar-refractivity contribution in [1.82, 2.24) is 5.32 Å². The molecule has 0 saturated carbocycles. The summed E-state index contributed by atoms with van der Waals surface area (Å²) < 4.78 is 5.34. The van der Waals surface area contributed by atoms with Crippen molar-refractivity contribution in [3.8, 4) is 5.75 Å². The summed E-state index contributed by atoms with van der Waals surface area (Å²) in [4.78, 5) is 11.3. The van der Waals surface area contributed by atoms with Crippen LogP contribution >= 0.6 is 0 Å². The lowest BCUT2D eigenvalue weighted by Gasteiger charge is -2.06. The van der Waals surface area contributed by atoms with E-state index in [0.29, 0.717) is 0 Å². The van der Waals surface area contributed by atoms with E-state index >= 15 is 0 Å². The first-order chi connectivity index (χ1) is 8.22. The SMILES string of the molecule is N/C(CNC(=O)CCOc1ccccc1)=N/O. The second-order valence-corrected chi connectivity index (χ2v) is 3.28. The largest absolute Gasteiger partial charge is 0.493 e. The second kappa shape index (κ2) is 7.10. The number of nitrogens with two attached hydrogens (primary N) is 1. The molecular formula is C11H15N3O3. The van der Waals surface area contributed by atoms with Crippen LogP contribution in [0.1, 0.15) is 6.42 Å². The number of ether oxygens (including phenoxy) is 1. The fourth-order valence-corrected chi connectivity index (χ4v) is 1.09.